The smallest absolute Gasteiger partial charge is 0.260 e. The molecule has 0 bridgehead atoms. The second-order valence-corrected chi connectivity index (χ2v) is 7.24. The van der Waals surface area contributed by atoms with Gasteiger partial charge in [-0.3, -0.25) is 4.79 Å². The average molecular weight is 379 g/mol. The molecule has 0 unspecified atom stereocenters. The SMILES string of the molecule is COc1ccccc1OCC(=O)N1CCC(c2nc3ccc(C)cc3[nH]2)CC1. The molecule has 0 radical (unpaired) electrons. The van der Waals surface area contributed by atoms with E-state index in [9.17, 15) is 4.79 Å². The number of nitrogens with zero attached hydrogens (tertiary/aromatic N) is 2. The van der Waals surface area contributed by atoms with Gasteiger partial charge in [0.2, 0.25) is 0 Å². The van der Waals surface area contributed by atoms with Gasteiger partial charge >= 0.3 is 0 Å². The number of aryl methyl sites for hydroxylation is 1. The lowest BCUT2D eigenvalue weighted by Crippen LogP contribution is -2.40. The molecule has 1 aromatic heterocycles. The first-order valence-corrected chi connectivity index (χ1v) is 9.64. The molecule has 6 heteroatoms. The minimum Gasteiger partial charge on any atom is -0.493 e. The van der Waals surface area contributed by atoms with Gasteiger partial charge in [0.15, 0.2) is 18.1 Å². The van der Waals surface area contributed by atoms with E-state index in [4.69, 9.17) is 14.5 Å². The Hall–Kier alpha value is -3.02. The fourth-order valence-corrected chi connectivity index (χ4v) is 3.71. The van der Waals surface area contributed by atoms with E-state index in [2.05, 4.69) is 30.1 Å². The maximum atomic E-state index is 12.5. The summed E-state index contributed by atoms with van der Waals surface area (Å²) >= 11 is 0. The highest BCUT2D eigenvalue weighted by molar-refractivity contribution is 5.78. The fraction of sp³-hybridized carbons (Fsp3) is 0.364. The molecule has 0 saturated carbocycles. The number of likely N-dealkylation sites (tertiary alicyclic amines) is 1. The second-order valence-electron chi connectivity index (χ2n) is 7.24. The molecule has 2 heterocycles. The second kappa shape index (κ2) is 7.92. The van der Waals surface area contributed by atoms with Crippen LogP contribution >= 0.6 is 0 Å². The third kappa shape index (κ3) is 3.81. The summed E-state index contributed by atoms with van der Waals surface area (Å²) in [6.07, 6.45) is 1.80. The van der Waals surface area contributed by atoms with Gasteiger partial charge in [-0.1, -0.05) is 18.2 Å². The van der Waals surface area contributed by atoms with Crippen molar-refractivity contribution in [2.45, 2.75) is 25.7 Å². The van der Waals surface area contributed by atoms with Gasteiger partial charge < -0.3 is 19.4 Å². The number of hydrogen-bond acceptors (Lipinski definition) is 4. The number of benzene rings is 2. The quantitative estimate of drug-likeness (QED) is 0.735. The number of carbonyl (C=O) groups is 1. The topological polar surface area (TPSA) is 67.5 Å². The van der Waals surface area contributed by atoms with Crippen molar-refractivity contribution in [3.05, 3.63) is 53.9 Å². The molecule has 1 fully saturated rings. The normalized spacial score (nSPS) is 15.0. The summed E-state index contributed by atoms with van der Waals surface area (Å²) in [6.45, 7) is 3.54. The number of para-hydroxylation sites is 2. The molecule has 4 rings (SSSR count). The van der Waals surface area contributed by atoms with Crippen LogP contribution in [0.3, 0.4) is 0 Å². The number of aromatic amines is 1. The number of nitrogens with one attached hydrogen (secondary N) is 1. The summed E-state index contributed by atoms with van der Waals surface area (Å²) in [5.74, 6) is 2.61. The zero-order chi connectivity index (χ0) is 19.5. The molecule has 28 heavy (non-hydrogen) atoms. The lowest BCUT2D eigenvalue weighted by Gasteiger charge is -2.31. The van der Waals surface area contributed by atoms with E-state index < -0.39 is 0 Å². The molecule has 1 N–H and O–H groups in total. The highest BCUT2D eigenvalue weighted by Gasteiger charge is 2.26. The molecule has 6 nitrogen and oxygen atoms in total. The predicted molar refractivity (Wildman–Crippen MR) is 108 cm³/mol. The van der Waals surface area contributed by atoms with E-state index in [1.54, 1.807) is 7.11 Å². The first-order chi connectivity index (χ1) is 13.6. The van der Waals surface area contributed by atoms with Crippen LogP contribution in [0.1, 0.15) is 30.1 Å². The maximum Gasteiger partial charge on any atom is 0.260 e. The van der Waals surface area contributed by atoms with Crippen molar-refractivity contribution in [1.29, 1.82) is 0 Å². The maximum absolute atomic E-state index is 12.5. The number of aromatic nitrogens is 2. The summed E-state index contributed by atoms with van der Waals surface area (Å²) in [6, 6.07) is 13.6. The molecule has 0 spiro atoms. The molecule has 1 amide bonds. The summed E-state index contributed by atoms with van der Waals surface area (Å²) in [5.41, 5.74) is 3.31. The molecule has 3 aromatic rings. The Morgan fingerprint density at radius 2 is 1.93 bits per heavy atom. The molecule has 0 aliphatic carbocycles. The van der Waals surface area contributed by atoms with Crippen LogP contribution in [0.2, 0.25) is 0 Å². The van der Waals surface area contributed by atoms with Crippen molar-refractivity contribution in [3.63, 3.8) is 0 Å². The monoisotopic (exact) mass is 379 g/mol. The number of piperidine rings is 1. The molecule has 1 aliphatic heterocycles. The number of hydrogen-bond donors (Lipinski definition) is 1. The molecule has 1 aliphatic rings. The van der Waals surface area contributed by atoms with Crippen LogP contribution in [-0.4, -0.2) is 47.6 Å². The number of methoxy groups -OCH3 is 1. The van der Waals surface area contributed by atoms with Gasteiger partial charge in [0.1, 0.15) is 5.82 Å². The first-order valence-electron chi connectivity index (χ1n) is 9.64. The first kappa shape index (κ1) is 18.3. The average Bonchev–Trinajstić information content (AvgIpc) is 3.15. The zero-order valence-corrected chi connectivity index (χ0v) is 16.3. The molecule has 146 valence electrons. The highest BCUT2D eigenvalue weighted by Crippen LogP contribution is 2.29. The Kier molecular flexibility index (Phi) is 5.19. The largest absolute Gasteiger partial charge is 0.493 e. The third-order valence-electron chi connectivity index (χ3n) is 5.31. The number of amides is 1. The van der Waals surface area contributed by atoms with E-state index in [0.717, 1.165) is 42.8 Å². The number of H-pyrrole nitrogens is 1. The minimum atomic E-state index is 0.00425. The van der Waals surface area contributed by atoms with Gasteiger partial charge in [0.25, 0.3) is 5.91 Å². The highest BCUT2D eigenvalue weighted by atomic mass is 16.5. The number of imidazole rings is 1. The van der Waals surface area contributed by atoms with Crippen molar-refractivity contribution in [3.8, 4) is 11.5 Å². The Labute approximate surface area is 164 Å². The Morgan fingerprint density at radius 1 is 1.18 bits per heavy atom. The van der Waals surface area contributed by atoms with Gasteiger partial charge in [-0.05, 0) is 49.6 Å². The van der Waals surface area contributed by atoms with Crippen LogP contribution in [0.4, 0.5) is 0 Å². The zero-order valence-electron chi connectivity index (χ0n) is 16.3. The van der Waals surface area contributed by atoms with Gasteiger partial charge in [0, 0.05) is 19.0 Å². The van der Waals surface area contributed by atoms with Crippen molar-refractivity contribution < 1.29 is 14.3 Å². The van der Waals surface area contributed by atoms with E-state index in [0.29, 0.717) is 17.4 Å². The summed E-state index contributed by atoms with van der Waals surface area (Å²) < 4.78 is 10.9. The minimum absolute atomic E-state index is 0.00425. The summed E-state index contributed by atoms with van der Waals surface area (Å²) in [7, 11) is 1.59. The Balaban J connectivity index is 1.33. The third-order valence-corrected chi connectivity index (χ3v) is 5.31. The van der Waals surface area contributed by atoms with E-state index in [-0.39, 0.29) is 12.5 Å². The van der Waals surface area contributed by atoms with Crippen LogP contribution in [0.25, 0.3) is 11.0 Å². The number of carbonyl (C=O) groups excluding carboxylic acids is 1. The Morgan fingerprint density at radius 3 is 2.68 bits per heavy atom. The van der Waals surface area contributed by atoms with Gasteiger partial charge in [-0.25, -0.2) is 4.98 Å². The van der Waals surface area contributed by atoms with E-state index in [1.165, 1.54) is 5.56 Å². The molecular formula is C22H25N3O3. The summed E-state index contributed by atoms with van der Waals surface area (Å²) in [4.78, 5) is 22.6. The lowest BCUT2D eigenvalue weighted by molar-refractivity contribution is -0.134. The van der Waals surface area contributed by atoms with Crippen molar-refractivity contribution in [2.24, 2.45) is 0 Å². The predicted octanol–water partition coefficient (Wildman–Crippen LogP) is 3.66. The van der Waals surface area contributed by atoms with Crippen LogP contribution in [0, 0.1) is 6.92 Å². The molecule has 0 atom stereocenters. The lowest BCUT2D eigenvalue weighted by atomic mass is 9.96. The van der Waals surface area contributed by atoms with E-state index >= 15 is 0 Å². The van der Waals surface area contributed by atoms with Gasteiger partial charge in [-0.15, -0.1) is 0 Å². The number of fused-ring (bicyclic) bond motifs is 1. The van der Waals surface area contributed by atoms with Crippen molar-refractivity contribution in [2.75, 3.05) is 26.8 Å². The number of ether oxygens (including phenoxy) is 2. The van der Waals surface area contributed by atoms with Crippen LogP contribution in [-0.2, 0) is 4.79 Å². The number of rotatable bonds is 5. The molecular weight excluding hydrogens is 354 g/mol. The fourth-order valence-electron chi connectivity index (χ4n) is 3.71. The van der Waals surface area contributed by atoms with Gasteiger partial charge in [0.05, 0.1) is 18.1 Å². The van der Waals surface area contributed by atoms with E-state index in [1.807, 2.05) is 29.2 Å². The van der Waals surface area contributed by atoms with Crippen molar-refractivity contribution >= 4 is 16.9 Å². The standard InChI is InChI=1S/C22H25N3O3/c1-15-7-8-17-18(13-15)24-22(23-17)16-9-11-25(12-10-16)21(26)14-28-20-6-4-3-5-19(20)27-2/h3-8,13,16H,9-12,14H2,1-2H3,(H,23,24). The van der Waals surface area contributed by atoms with Crippen LogP contribution in [0.15, 0.2) is 42.5 Å². The summed E-state index contributed by atoms with van der Waals surface area (Å²) in [5, 5.41) is 0. The van der Waals surface area contributed by atoms with Crippen LogP contribution < -0.4 is 9.47 Å². The van der Waals surface area contributed by atoms with Crippen LogP contribution in [0.5, 0.6) is 11.5 Å². The van der Waals surface area contributed by atoms with Gasteiger partial charge in [-0.2, -0.15) is 0 Å². The van der Waals surface area contributed by atoms with Crippen molar-refractivity contribution in [1.82, 2.24) is 14.9 Å². The molecule has 1 saturated heterocycles. The molecule has 2 aromatic carbocycles. The Bertz CT molecular complexity index is 974.